The highest BCUT2D eigenvalue weighted by molar-refractivity contribution is 5.87. The summed E-state index contributed by atoms with van der Waals surface area (Å²) in [5, 5.41) is 0. The fraction of sp³-hybridized carbons (Fsp3) is 0.167. The lowest BCUT2D eigenvalue weighted by atomic mass is 10.2. The van der Waals surface area contributed by atoms with Crippen LogP contribution in [-0.2, 0) is 16.1 Å². The second kappa shape index (κ2) is 5.05. The Kier molecular flexibility index (Phi) is 3.71. The van der Waals surface area contributed by atoms with Crippen LogP contribution in [0.25, 0.3) is 0 Å². The maximum absolute atomic E-state index is 11.2. The van der Waals surface area contributed by atoms with Crippen LogP contribution in [0.3, 0.4) is 0 Å². The van der Waals surface area contributed by atoms with E-state index in [-0.39, 0.29) is 5.97 Å². The van der Waals surface area contributed by atoms with Gasteiger partial charge in [-0.3, -0.25) is 0 Å². The van der Waals surface area contributed by atoms with Gasteiger partial charge in [-0.2, -0.15) is 0 Å². The van der Waals surface area contributed by atoms with Gasteiger partial charge >= 0.3 is 5.97 Å². The van der Waals surface area contributed by atoms with Crippen LogP contribution in [-0.4, -0.2) is 5.97 Å². The monoisotopic (exact) mass is 188 g/mol. The molecule has 0 aromatic heterocycles. The van der Waals surface area contributed by atoms with Crippen LogP contribution < -0.4 is 0 Å². The molecule has 0 fully saturated rings. The summed E-state index contributed by atoms with van der Waals surface area (Å²) >= 11 is 0. The second-order valence-corrected chi connectivity index (χ2v) is 2.86. The van der Waals surface area contributed by atoms with Gasteiger partial charge in [-0.05, 0) is 12.5 Å². The van der Waals surface area contributed by atoms with Gasteiger partial charge in [0.1, 0.15) is 6.61 Å². The minimum atomic E-state index is -0.371. The average Bonchev–Trinajstić information content (AvgIpc) is 2.26. The molecule has 0 atom stereocenters. The van der Waals surface area contributed by atoms with Crippen molar-refractivity contribution >= 4 is 5.97 Å². The van der Waals surface area contributed by atoms with Gasteiger partial charge in [0.2, 0.25) is 0 Å². The lowest BCUT2D eigenvalue weighted by Gasteiger charge is -2.03. The van der Waals surface area contributed by atoms with Gasteiger partial charge < -0.3 is 4.74 Å². The van der Waals surface area contributed by atoms with E-state index in [2.05, 4.69) is 12.3 Å². The second-order valence-electron chi connectivity index (χ2n) is 2.86. The molecule has 0 saturated carbocycles. The van der Waals surface area contributed by atoms with Gasteiger partial charge in [-0.1, -0.05) is 36.9 Å². The van der Waals surface area contributed by atoms with Gasteiger partial charge in [0.05, 0.1) is 5.57 Å². The van der Waals surface area contributed by atoms with E-state index in [1.165, 1.54) is 0 Å². The molecule has 0 spiro atoms. The van der Waals surface area contributed by atoms with Crippen molar-refractivity contribution in [3.05, 3.63) is 53.8 Å². The first-order valence-corrected chi connectivity index (χ1v) is 4.31. The first-order chi connectivity index (χ1) is 6.74. The Balaban J connectivity index is 2.50. The van der Waals surface area contributed by atoms with Crippen molar-refractivity contribution in [1.29, 1.82) is 0 Å². The molecule has 2 nitrogen and oxygen atoms in total. The number of ether oxygens (including phenoxy) is 1. The molecule has 0 heterocycles. The SMILES string of the molecule is C=C=C(C)C(=O)OCc1ccccc1. The minimum absolute atomic E-state index is 0.290. The highest BCUT2D eigenvalue weighted by Crippen LogP contribution is 2.02. The molecule has 0 N–H and O–H groups in total. The van der Waals surface area contributed by atoms with Crippen molar-refractivity contribution in [3.8, 4) is 0 Å². The van der Waals surface area contributed by atoms with Crippen LogP contribution in [0.1, 0.15) is 12.5 Å². The Hall–Kier alpha value is -1.79. The van der Waals surface area contributed by atoms with Crippen molar-refractivity contribution in [2.45, 2.75) is 13.5 Å². The summed E-state index contributed by atoms with van der Waals surface area (Å²) in [6.45, 7) is 5.29. The molecule has 0 aliphatic carbocycles. The van der Waals surface area contributed by atoms with Crippen LogP contribution >= 0.6 is 0 Å². The quantitative estimate of drug-likeness (QED) is 0.414. The standard InChI is InChI=1S/C12H12O2/c1-3-10(2)12(13)14-9-11-7-5-4-6-8-11/h4-8H,1,9H2,2H3. The third-order valence-electron chi connectivity index (χ3n) is 1.78. The predicted molar refractivity (Wildman–Crippen MR) is 54.6 cm³/mol. The van der Waals surface area contributed by atoms with E-state index in [1.54, 1.807) is 6.92 Å². The lowest BCUT2D eigenvalue weighted by molar-refractivity contribution is -0.140. The van der Waals surface area contributed by atoms with E-state index in [0.717, 1.165) is 5.56 Å². The zero-order valence-electron chi connectivity index (χ0n) is 8.12. The topological polar surface area (TPSA) is 26.3 Å². The van der Waals surface area contributed by atoms with Crippen molar-refractivity contribution < 1.29 is 9.53 Å². The van der Waals surface area contributed by atoms with Crippen LogP contribution in [0.4, 0.5) is 0 Å². The Morgan fingerprint density at radius 2 is 2.07 bits per heavy atom. The van der Waals surface area contributed by atoms with Gasteiger partial charge in [0, 0.05) is 0 Å². The summed E-state index contributed by atoms with van der Waals surface area (Å²) in [4.78, 5) is 11.2. The molecule has 0 amide bonds. The Bertz CT molecular complexity index is 359. The summed E-state index contributed by atoms with van der Waals surface area (Å²) in [7, 11) is 0. The Morgan fingerprint density at radius 1 is 1.43 bits per heavy atom. The fourth-order valence-electron chi connectivity index (χ4n) is 0.904. The molecular weight excluding hydrogens is 176 g/mol. The maximum Gasteiger partial charge on any atom is 0.341 e. The first-order valence-electron chi connectivity index (χ1n) is 4.31. The van der Waals surface area contributed by atoms with E-state index in [0.29, 0.717) is 12.2 Å². The molecule has 0 aliphatic heterocycles. The van der Waals surface area contributed by atoms with E-state index in [9.17, 15) is 4.79 Å². The molecule has 0 radical (unpaired) electrons. The molecule has 14 heavy (non-hydrogen) atoms. The highest BCUT2D eigenvalue weighted by atomic mass is 16.5. The number of carbonyl (C=O) groups is 1. The zero-order valence-corrected chi connectivity index (χ0v) is 8.12. The van der Waals surface area contributed by atoms with E-state index >= 15 is 0 Å². The number of hydrogen-bond acceptors (Lipinski definition) is 2. The molecule has 1 aromatic carbocycles. The Labute approximate surface area is 83.5 Å². The number of esters is 1. The van der Waals surface area contributed by atoms with Crippen molar-refractivity contribution in [1.82, 2.24) is 0 Å². The van der Waals surface area contributed by atoms with Crippen LogP contribution in [0, 0.1) is 0 Å². The molecule has 1 rings (SSSR count). The predicted octanol–water partition coefficient (Wildman–Crippen LogP) is 2.46. The summed E-state index contributed by atoms with van der Waals surface area (Å²) in [5.74, 6) is -0.371. The Morgan fingerprint density at radius 3 is 2.64 bits per heavy atom. The summed E-state index contributed by atoms with van der Waals surface area (Å²) in [5.41, 5.74) is 3.87. The highest BCUT2D eigenvalue weighted by Gasteiger charge is 2.04. The van der Waals surface area contributed by atoms with Crippen LogP contribution in [0.15, 0.2) is 48.2 Å². The number of rotatable bonds is 3. The first kappa shape index (κ1) is 10.3. The fourth-order valence-corrected chi connectivity index (χ4v) is 0.904. The molecule has 0 saturated heterocycles. The molecular formula is C12H12O2. The van der Waals surface area contributed by atoms with Crippen molar-refractivity contribution in [2.24, 2.45) is 0 Å². The minimum Gasteiger partial charge on any atom is -0.457 e. The van der Waals surface area contributed by atoms with Crippen molar-refractivity contribution in [3.63, 3.8) is 0 Å². The van der Waals surface area contributed by atoms with Gasteiger partial charge in [-0.25, -0.2) is 4.79 Å². The largest absolute Gasteiger partial charge is 0.457 e. The van der Waals surface area contributed by atoms with Gasteiger partial charge in [-0.15, -0.1) is 5.73 Å². The third-order valence-corrected chi connectivity index (χ3v) is 1.78. The average molecular weight is 188 g/mol. The van der Waals surface area contributed by atoms with Crippen LogP contribution in [0.2, 0.25) is 0 Å². The third kappa shape index (κ3) is 2.92. The summed E-state index contributed by atoms with van der Waals surface area (Å²) in [6.07, 6.45) is 0. The summed E-state index contributed by atoms with van der Waals surface area (Å²) in [6, 6.07) is 9.53. The van der Waals surface area contributed by atoms with E-state index in [4.69, 9.17) is 4.74 Å². The normalized spacial score (nSPS) is 8.93. The molecule has 0 unspecified atom stereocenters. The zero-order chi connectivity index (χ0) is 10.4. The van der Waals surface area contributed by atoms with E-state index < -0.39 is 0 Å². The molecule has 1 aromatic rings. The summed E-state index contributed by atoms with van der Waals surface area (Å²) < 4.78 is 5.00. The number of carbonyl (C=O) groups excluding carboxylic acids is 1. The molecule has 0 bridgehead atoms. The molecule has 2 heteroatoms. The van der Waals surface area contributed by atoms with Gasteiger partial charge in [0.15, 0.2) is 0 Å². The molecule has 0 aliphatic rings. The van der Waals surface area contributed by atoms with Crippen LogP contribution in [0.5, 0.6) is 0 Å². The van der Waals surface area contributed by atoms with E-state index in [1.807, 2.05) is 30.3 Å². The smallest absolute Gasteiger partial charge is 0.341 e. The molecule has 72 valence electrons. The lowest BCUT2D eigenvalue weighted by Crippen LogP contribution is -2.04. The van der Waals surface area contributed by atoms with Crippen molar-refractivity contribution in [2.75, 3.05) is 0 Å². The number of hydrogen-bond donors (Lipinski definition) is 0. The number of benzene rings is 1. The van der Waals surface area contributed by atoms with Gasteiger partial charge in [0.25, 0.3) is 0 Å². The maximum atomic E-state index is 11.2.